The van der Waals surface area contributed by atoms with E-state index in [0.717, 1.165) is 14.6 Å². The first kappa shape index (κ1) is 20.4. The minimum Gasteiger partial charge on any atom is -0.495 e. The Balaban J connectivity index is 1.65. The molecule has 1 heterocycles. The van der Waals surface area contributed by atoms with Gasteiger partial charge in [-0.3, -0.25) is 9.52 Å². The van der Waals surface area contributed by atoms with Gasteiger partial charge in [0.25, 0.3) is 0 Å². The maximum Gasteiger partial charge on any atom is 0.234 e. The number of thiazole rings is 1. The van der Waals surface area contributed by atoms with Crippen molar-refractivity contribution in [3.05, 3.63) is 42.5 Å². The van der Waals surface area contributed by atoms with Crippen LogP contribution in [0.1, 0.15) is 6.92 Å². The van der Waals surface area contributed by atoms with Gasteiger partial charge < -0.3 is 10.1 Å². The highest BCUT2D eigenvalue weighted by atomic mass is 32.2. The van der Waals surface area contributed by atoms with Crippen molar-refractivity contribution < 1.29 is 17.9 Å². The van der Waals surface area contributed by atoms with Crippen molar-refractivity contribution in [3.8, 4) is 5.75 Å². The van der Waals surface area contributed by atoms with Crippen LogP contribution in [-0.4, -0.2) is 37.9 Å². The van der Waals surface area contributed by atoms with Gasteiger partial charge in [0.1, 0.15) is 5.75 Å². The number of ether oxygens (including phenoxy) is 1. The number of amides is 1. The Kier molecular flexibility index (Phi) is 6.42. The van der Waals surface area contributed by atoms with Crippen LogP contribution in [0.3, 0.4) is 0 Å². The summed E-state index contributed by atoms with van der Waals surface area (Å²) in [7, 11) is -1.77. The van der Waals surface area contributed by atoms with Crippen molar-refractivity contribution in [1.82, 2.24) is 4.98 Å². The topological polar surface area (TPSA) is 97.4 Å². The number of aromatic nitrogens is 1. The second-order valence-corrected chi connectivity index (χ2v) is 9.97. The number of methoxy groups -OCH3 is 1. The Morgan fingerprint density at radius 2 is 2.04 bits per heavy atom. The van der Waals surface area contributed by atoms with E-state index in [4.69, 9.17) is 4.74 Å². The number of carbonyl (C=O) groups excluding carboxylic acids is 1. The molecule has 0 unspecified atom stereocenters. The van der Waals surface area contributed by atoms with Gasteiger partial charge in [0.05, 0.1) is 40.2 Å². The van der Waals surface area contributed by atoms with E-state index < -0.39 is 10.0 Å². The van der Waals surface area contributed by atoms with E-state index in [0.29, 0.717) is 17.1 Å². The molecule has 0 fully saturated rings. The van der Waals surface area contributed by atoms with Crippen LogP contribution in [0.25, 0.3) is 10.2 Å². The number of sulfonamides is 1. The lowest BCUT2D eigenvalue weighted by molar-refractivity contribution is -0.113. The number of anilines is 2. The first-order chi connectivity index (χ1) is 13.4. The van der Waals surface area contributed by atoms with E-state index in [1.54, 1.807) is 44.4 Å². The van der Waals surface area contributed by atoms with Crippen LogP contribution >= 0.6 is 23.1 Å². The maximum absolute atomic E-state index is 12.2. The summed E-state index contributed by atoms with van der Waals surface area (Å²) in [5, 5.41) is 2.82. The molecular formula is C18H19N3O4S3. The number of hydrogen-bond acceptors (Lipinski definition) is 7. The molecule has 0 aliphatic heterocycles. The molecule has 0 aliphatic carbocycles. The second kappa shape index (κ2) is 8.80. The summed E-state index contributed by atoms with van der Waals surface area (Å²) in [6, 6.07) is 12.4. The Bertz CT molecular complexity index is 1100. The molecule has 0 bridgehead atoms. The van der Waals surface area contributed by atoms with Gasteiger partial charge in [-0.05, 0) is 37.3 Å². The SMILES string of the molecule is CCS(=O)(=O)Nc1ccc2nc(SCC(=O)Nc3ccccc3OC)sc2c1. The molecule has 28 heavy (non-hydrogen) atoms. The minimum atomic E-state index is -3.33. The average Bonchev–Trinajstić information content (AvgIpc) is 3.09. The van der Waals surface area contributed by atoms with E-state index in [-0.39, 0.29) is 17.4 Å². The van der Waals surface area contributed by atoms with Crippen LogP contribution < -0.4 is 14.8 Å². The molecule has 0 atom stereocenters. The molecule has 0 spiro atoms. The Morgan fingerprint density at radius 1 is 1.25 bits per heavy atom. The summed E-state index contributed by atoms with van der Waals surface area (Å²) < 4.78 is 32.7. The number of thioether (sulfide) groups is 1. The standard InChI is InChI=1S/C18H19N3O4S3/c1-3-28(23,24)21-12-8-9-14-16(10-12)27-18(20-14)26-11-17(22)19-13-6-4-5-7-15(13)25-2/h4-10,21H,3,11H2,1-2H3,(H,19,22). The molecule has 10 heteroatoms. The fourth-order valence-corrected chi connectivity index (χ4v) is 4.88. The van der Waals surface area contributed by atoms with Crippen LogP contribution in [-0.2, 0) is 14.8 Å². The zero-order valence-corrected chi connectivity index (χ0v) is 17.7. The monoisotopic (exact) mass is 437 g/mol. The molecule has 2 aromatic carbocycles. The smallest absolute Gasteiger partial charge is 0.234 e. The molecule has 1 amide bonds. The number of nitrogens with zero attached hydrogens (tertiary/aromatic N) is 1. The number of fused-ring (bicyclic) bond motifs is 1. The molecule has 0 radical (unpaired) electrons. The Hall–Kier alpha value is -2.30. The van der Waals surface area contributed by atoms with Gasteiger partial charge in [0.2, 0.25) is 15.9 Å². The number of benzene rings is 2. The number of para-hydroxylation sites is 2. The average molecular weight is 438 g/mol. The molecule has 1 aromatic heterocycles. The van der Waals surface area contributed by atoms with Gasteiger partial charge in [-0.1, -0.05) is 23.9 Å². The zero-order chi connectivity index (χ0) is 20.1. The largest absolute Gasteiger partial charge is 0.495 e. The van der Waals surface area contributed by atoms with Crippen molar-refractivity contribution in [3.63, 3.8) is 0 Å². The molecule has 0 aliphatic rings. The maximum atomic E-state index is 12.2. The molecule has 7 nitrogen and oxygen atoms in total. The van der Waals surface area contributed by atoms with Crippen LogP contribution in [0.4, 0.5) is 11.4 Å². The number of hydrogen-bond donors (Lipinski definition) is 2. The lowest BCUT2D eigenvalue weighted by Gasteiger charge is -2.09. The van der Waals surface area contributed by atoms with Crippen molar-refractivity contribution >= 4 is 60.6 Å². The normalized spacial score (nSPS) is 11.4. The van der Waals surface area contributed by atoms with Gasteiger partial charge in [0, 0.05) is 0 Å². The van der Waals surface area contributed by atoms with Gasteiger partial charge in [0.15, 0.2) is 4.34 Å². The van der Waals surface area contributed by atoms with Crippen LogP contribution in [0.15, 0.2) is 46.8 Å². The van der Waals surface area contributed by atoms with Crippen molar-refractivity contribution in [2.75, 3.05) is 28.7 Å². The van der Waals surface area contributed by atoms with Crippen LogP contribution in [0.5, 0.6) is 5.75 Å². The fourth-order valence-electron chi connectivity index (χ4n) is 2.34. The quantitative estimate of drug-likeness (QED) is 0.520. The van der Waals surface area contributed by atoms with Gasteiger partial charge in [-0.15, -0.1) is 11.3 Å². The van der Waals surface area contributed by atoms with E-state index in [1.165, 1.54) is 23.1 Å². The lowest BCUT2D eigenvalue weighted by atomic mass is 10.3. The molecular weight excluding hydrogens is 418 g/mol. The summed E-state index contributed by atoms with van der Waals surface area (Å²) in [4.78, 5) is 16.7. The summed E-state index contributed by atoms with van der Waals surface area (Å²) >= 11 is 2.74. The predicted octanol–water partition coefficient (Wildman–Crippen LogP) is 3.80. The number of rotatable bonds is 8. The lowest BCUT2D eigenvalue weighted by Crippen LogP contribution is -2.14. The van der Waals surface area contributed by atoms with Gasteiger partial charge in [-0.25, -0.2) is 13.4 Å². The summed E-state index contributed by atoms with van der Waals surface area (Å²) in [5.74, 6) is 0.650. The van der Waals surface area contributed by atoms with E-state index in [9.17, 15) is 13.2 Å². The Morgan fingerprint density at radius 3 is 2.79 bits per heavy atom. The third-order valence-electron chi connectivity index (χ3n) is 3.73. The highest BCUT2D eigenvalue weighted by Gasteiger charge is 2.12. The summed E-state index contributed by atoms with van der Waals surface area (Å²) in [5.41, 5.74) is 1.88. The molecule has 2 N–H and O–H groups in total. The third kappa shape index (κ3) is 5.15. The third-order valence-corrected chi connectivity index (χ3v) is 7.20. The fraction of sp³-hybridized carbons (Fsp3) is 0.222. The van der Waals surface area contributed by atoms with Crippen molar-refractivity contribution in [2.24, 2.45) is 0 Å². The van der Waals surface area contributed by atoms with Gasteiger partial charge >= 0.3 is 0 Å². The zero-order valence-electron chi connectivity index (χ0n) is 15.3. The first-order valence-corrected chi connectivity index (χ1v) is 11.8. The minimum absolute atomic E-state index is 0.0101. The van der Waals surface area contributed by atoms with Crippen LogP contribution in [0, 0.1) is 0 Å². The summed E-state index contributed by atoms with van der Waals surface area (Å²) in [6.07, 6.45) is 0. The number of carbonyl (C=O) groups is 1. The summed E-state index contributed by atoms with van der Waals surface area (Å²) in [6.45, 7) is 1.58. The molecule has 0 saturated carbocycles. The number of nitrogens with one attached hydrogen (secondary N) is 2. The van der Waals surface area contributed by atoms with Crippen LogP contribution in [0.2, 0.25) is 0 Å². The predicted molar refractivity (Wildman–Crippen MR) is 115 cm³/mol. The van der Waals surface area contributed by atoms with Gasteiger partial charge in [-0.2, -0.15) is 0 Å². The van der Waals surface area contributed by atoms with E-state index >= 15 is 0 Å². The highest BCUT2D eigenvalue weighted by Crippen LogP contribution is 2.32. The second-order valence-electron chi connectivity index (χ2n) is 5.70. The molecule has 0 saturated heterocycles. The molecule has 3 rings (SSSR count). The molecule has 3 aromatic rings. The van der Waals surface area contributed by atoms with E-state index in [2.05, 4.69) is 15.0 Å². The van der Waals surface area contributed by atoms with E-state index in [1.807, 2.05) is 12.1 Å². The Labute approximate surface area is 171 Å². The van der Waals surface area contributed by atoms with Crippen molar-refractivity contribution in [1.29, 1.82) is 0 Å². The first-order valence-electron chi connectivity index (χ1n) is 8.37. The molecule has 148 valence electrons. The van der Waals surface area contributed by atoms with Crippen molar-refractivity contribution in [2.45, 2.75) is 11.3 Å². The highest BCUT2D eigenvalue weighted by molar-refractivity contribution is 8.01.